The van der Waals surface area contributed by atoms with Gasteiger partial charge >= 0.3 is 0 Å². The van der Waals surface area contributed by atoms with Crippen LogP contribution in [0.1, 0.15) is 62.8 Å². The first-order valence-electron chi connectivity index (χ1n) is 17.2. The number of carbonyl (C=O) groups excluding carboxylic acids is 2. The average molecular weight is 801 g/mol. The Morgan fingerprint density at radius 2 is 1.11 bits per heavy atom. The summed E-state index contributed by atoms with van der Waals surface area (Å²) in [7, 11) is 3.82. The first-order valence-corrected chi connectivity index (χ1v) is 18.0. The smallest absolute Gasteiger partial charge is 0.289 e. The Kier molecular flexibility index (Phi) is 14.4. The normalized spacial score (nSPS) is 15.9. The molecule has 8 rings (SSSR count). The van der Waals surface area contributed by atoms with Gasteiger partial charge in [-0.05, 0) is 53.0 Å². The third kappa shape index (κ3) is 9.47. The summed E-state index contributed by atoms with van der Waals surface area (Å²) >= 11 is 3.26. The van der Waals surface area contributed by atoms with Gasteiger partial charge in [-0.1, -0.05) is 28.7 Å². The molecule has 0 radical (unpaired) electrons. The highest BCUT2D eigenvalue weighted by atomic mass is 79.9. The quantitative estimate of drug-likeness (QED) is 0.214. The summed E-state index contributed by atoms with van der Waals surface area (Å²) in [6.07, 6.45) is 19.6. The van der Waals surface area contributed by atoms with E-state index in [2.05, 4.69) is 66.3 Å². The molecule has 0 bridgehead atoms. The summed E-state index contributed by atoms with van der Waals surface area (Å²) in [6.45, 7) is 7.15. The fraction of sp³-hybridized carbons (Fsp3) is 0.368. The second kappa shape index (κ2) is 18.9. The monoisotopic (exact) mass is 799 g/mol. The molecule has 2 atom stereocenters. The third-order valence-electron chi connectivity index (χ3n) is 8.69. The number of nitrogens with zero attached hydrogens (tertiary/aromatic N) is 11. The van der Waals surface area contributed by atoms with Crippen LogP contribution in [-0.2, 0) is 0 Å². The molecule has 2 fully saturated rings. The molecule has 6 aromatic rings. The number of amides is 2. The van der Waals surface area contributed by atoms with Crippen LogP contribution in [0.3, 0.4) is 0 Å². The average Bonchev–Trinajstić information content (AvgIpc) is 4.01. The first kappa shape index (κ1) is 41.1. The summed E-state index contributed by atoms with van der Waals surface area (Å²) < 4.78 is 4.84. The SMILES string of the molecule is C.C.CC.CN(C)c1cnc(C(=O)N[C@H]2CCN(c3nccn4cccc34)C2)nc1.O=C(N[C@H]1CCN(c2nccn3cccc23)C1)c1ncc(Br)cn1. The van der Waals surface area contributed by atoms with E-state index in [4.69, 9.17) is 0 Å². The van der Waals surface area contributed by atoms with E-state index in [1.54, 1.807) is 37.2 Å². The van der Waals surface area contributed by atoms with Crippen molar-refractivity contribution < 1.29 is 9.59 Å². The van der Waals surface area contributed by atoms with Crippen molar-refractivity contribution in [3.63, 3.8) is 0 Å². The molecular weight excluding hydrogens is 750 g/mol. The van der Waals surface area contributed by atoms with Crippen LogP contribution in [0.4, 0.5) is 17.3 Å². The van der Waals surface area contributed by atoms with Gasteiger partial charge in [0.2, 0.25) is 11.6 Å². The van der Waals surface area contributed by atoms with Gasteiger partial charge in [0.05, 0.1) is 33.6 Å². The Balaban J connectivity index is 0.000000223. The highest BCUT2D eigenvalue weighted by Crippen LogP contribution is 2.25. The van der Waals surface area contributed by atoms with Crippen molar-refractivity contribution in [2.45, 2.75) is 53.6 Å². The zero-order valence-corrected chi connectivity index (χ0v) is 31.2. The second-order valence-electron chi connectivity index (χ2n) is 12.3. The van der Waals surface area contributed by atoms with E-state index in [0.717, 1.165) is 71.8 Å². The molecule has 2 amide bonds. The highest BCUT2D eigenvalue weighted by molar-refractivity contribution is 9.10. The minimum Gasteiger partial charge on any atom is -0.375 e. The second-order valence-corrected chi connectivity index (χ2v) is 13.2. The molecule has 54 heavy (non-hydrogen) atoms. The summed E-state index contributed by atoms with van der Waals surface area (Å²) in [5.41, 5.74) is 3.00. The predicted molar refractivity (Wildman–Crippen MR) is 217 cm³/mol. The van der Waals surface area contributed by atoms with E-state index in [1.807, 2.05) is 90.7 Å². The van der Waals surface area contributed by atoms with Crippen LogP contribution in [-0.4, -0.2) is 103 Å². The Morgan fingerprint density at radius 3 is 1.54 bits per heavy atom. The fourth-order valence-corrected chi connectivity index (χ4v) is 6.34. The number of rotatable bonds is 7. The summed E-state index contributed by atoms with van der Waals surface area (Å²) in [5, 5.41) is 6.03. The van der Waals surface area contributed by atoms with Crippen molar-refractivity contribution in [2.24, 2.45) is 0 Å². The lowest BCUT2D eigenvalue weighted by Gasteiger charge is -2.19. The lowest BCUT2D eigenvalue weighted by molar-refractivity contribution is 0.0921. The third-order valence-corrected chi connectivity index (χ3v) is 9.10. The van der Waals surface area contributed by atoms with Gasteiger partial charge in [0.15, 0.2) is 11.6 Å². The maximum Gasteiger partial charge on any atom is 0.289 e. The standard InChI is InChI=1S/C18H21N7O.C16H15BrN6O.C2H6.2CH4/c1-23(2)14-10-20-16(21-11-14)18(26)22-13-5-8-25(12-13)17-15-4-3-7-24(15)9-6-19-17;17-11-8-19-14(20-9-11)16(24)21-12-3-6-23(10-12)15-13-2-1-5-22(13)7-4-18-15;1-2;;/h3-4,6-7,9-11,13H,5,8,12H2,1-2H3,(H,22,26);1-2,4-5,7-9,12H,3,6,10H2,(H,21,24);1-2H3;2*1H4/t13-;12-;;;/m00.../s1. The minimum atomic E-state index is -0.247. The molecule has 15 nitrogen and oxygen atoms in total. The largest absolute Gasteiger partial charge is 0.375 e. The summed E-state index contributed by atoms with van der Waals surface area (Å²) in [5.74, 6) is 1.78. The van der Waals surface area contributed by atoms with Crippen molar-refractivity contribution in [1.29, 1.82) is 0 Å². The van der Waals surface area contributed by atoms with Crippen molar-refractivity contribution in [1.82, 2.24) is 49.3 Å². The van der Waals surface area contributed by atoms with E-state index < -0.39 is 0 Å². The van der Waals surface area contributed by atoms with Crippen molar-refractivity contribution in [2.75, 3.05) is 55.0 Å². The number of aromatic nitrogens is 8. The number of carbonyl (C=O) groups is 2. The highest BCUT2D eigenvalue weighted by Gasteiger charge is 2.28. The number of hydrogen-bond donors (Lipinski definition) is 2. The lowest BCUT2D eigenvalue weighted by atomic mass is 10.2. The molecular formula is C38H50BrN13O2. The maximum absolute atomic E-state index is 12.4. The summed E-state index contributed by atoms with van der Waals surface area (Å²) in [4.78, 5) is 56.4. The van der Waals surface area contributed by atoms with E-state index in [9.17, 15) is 9.59 Å². The minimum absolute atomic E-state index is 0. The van der Waals surface area contributed by atoms with E-state index in [1.165, 1.54) is 0 Å². The van der Waals surface area contributed by atoms with E-state index in [0.29, 0.717) is 0 Å². The van der Waals surface area contributed by atoms with Crippen LogP contribution in [0.15, 0.2) is 90.7 Å². The van der Waals surface area contributed by atoms with Crippen LogP contribution in [0.5, 0.6) is 0 Å². The molecule has 0 saturated carbocycles. The Bertz CT molecular complexity index is 2100. The molecule has 0 unspecified atom stereocenters. The van der Waals surface area contributed by atoms with Gasteiger partial charge in [-0.2, -0.15) is 0 Å². The molecule has 2 aliphatic rings. The van der Waals surface area contributed by atoms with Crippen LogP contribution in [0.25, 0.3) is 11.0 Å². The van der Waals surface area contributed by atoms with Crippen molar-refractivity contribution >= 4 is 56.1 Å². The molecule has 0 spiro atoms. The molecule has 2 aliphatic heterocycles. The molecule has 8 heterocycles. The van der Waals surface area contributed by atoms with Crippen LogP contribution >= 0.6 is 15.9 Å². The topological polar surface area (TPSA) is 154 Å². The first-order chi connectivity index (χ1) is 25.3. The van der Waals surface area contributed by atoms with Crippen LogP contribution in [0, 0.1) is 0 Å². The van der Waals surface area contributed by atoms with Crippen LogP contribution in [0.2, 0.25) is 0 Å². The van der Waals surface area contributed by atoms with Gasteiger partial charge in [-0.15, -0.1) is 0 Å². The van der Waals surface area contributed by atoms with E-state index >= 15 is 0 Å². The van der Waals surface area contributed by atoms with Gasteiger partial charge in [0.25, 0.3) is 11.8 Å². The van der Waals surface area contributed by atoms with Crippen LogP contribution < -0.4 is 25.3 Å². The number of hydrogen-bond acceptors (Lipinski definition) is 11. The maximum atomic E-state index is 12.4. The number of halogens is 1. The number of anilines is 3. The molecule has 2 saturated heterocycles. The van der Waals surface area contributed by atoms with E-state index in [-0.39, 0.29) is 50.4 Å². The Labute approximate surface area is 325 Å². The Hall–Kier alpha value is -5.64. The van der Waals surface area contributed by atoms with Gasteiger partial charge in [0.1, 0.15) is 0 Å². The van der Waals surface area contributed by atoms with Gasteiger partial charge in [-0.25, -0.2) is 29.9 Å². The molecule has 2 N–H and O–H groups in total. The molecule has 0 aromatic carbocycles. The van der Waals surface area contributed by atoms with Crippen molar-refractivity contribution in [3.05, 3.63) is 102 Å². The fourth-order valence-electron chi connectivity index (χ4n) is 6.14. The zero-order valence-electron chi connectivity index (χ0n) is 29.6. The zero-order chi connectivity index (χ0) is 36.6. The lowest BCUT2D eigenvalue weighted by Crippen LogP contribution is -2.38. The molecule has 6 aromatic heterocycles. The Morgan fingerprint density at radius 1 is 0.685 bits per heavy atom. The molecule has 286 valence electrons. The van der Waals surface area contributed by atoms with Gasteiger partial charge < -0.3 is 34.1 Å². The number of fused-ring (bicyclic) bond motifs is 2. The van der Waals surface area contributed by atoms with Gasteiger partial charge in [0, 0.05) is 102 Å². The van der Waals surface area contributed by atoms with Gasteiger partial charge in [-0.3, -0.25) is 9.59 Å². The number of nitrogens with one attached hydrogen (secondary N) is 2. The summed E-state index contributed by atoms with van der Waals surface area (Å²) in [6, 6.07) is 8.21. The molecule has 0 aliphatic carbocycles. The molecule has 16 heteroatoms. The predicted octanol–water partition coefficient (Wildman–Crippen LogP) is 5.39. The van der Waals surface area contributed by atoms with Crippen molar-refractivity contribution in [3.8, 4) is 0 Å².